The maximum Gasteiger partial charge on any atom is 0.318 e. The van der Waals surface area contributed by atoms with Crippen molar-refractivity contribution in [1.82, 2.24) is 14.8 Å². The Morgan fingerprint density at radius 1 is 1.12 bits per heavy atom. The van der Waals surface area contributed by atoms with E-state index >= 15 is 0 Å². The van der Waals surface area contributed by atoms with Crippen LogP contribution in [0.25, 0.3) is 5.00 Å². The number of hydrogen-bond donors (Lipinski definition) is 1. The van der Waals surface area contributed by atoms with Gasteiger partial charge >= 0.3 is 6.03 Å². The molecule has 0 saturated carbocycles. The van der Waals surface area contributed by atoms with Gasteiger partial charge in [-0.25, -0.2) is 4.79 Å². The standard InChI is InChI=1S/C28H36N4OS/c1-19(2)15-16-29-28(33)32-18-23-22-8-5-6-10-25(22)34-27(23)31-17-7-9-24(31)26(32)20-11-13-21(14-12-20)30(3)4/h7,9,11-14,17,19,26H,5-6,8,10,15-16,18H2,1-4H3,(H,29,33)/t26-/m1/s1. The number of carbonyl (C=O) groups is 1. The molecule has 6 heteroatoms. The first-order chi connectivity index (χ1) is 16.4. The van der Waals surface area contributed by atoms with Crippen molar-refractivity contribution in [3.8, 4) is 5.00 Å². The fourth-order valence-corrected chi connectivity index (χ4v) is 6.67. The van der Waals surface area contributed by atoms with Crippen molar-refractivity contribution >= 4 is 23.1 Å². The second-order valence-electron chi connectivity index (χ2n) is 10.2. The van der Waals surface area contributed by atoms with Gasteiger partial charge in [-0.3, -0.25) is 0 Å². The summed E-state index contributed by atoms with van der Waals surface area (Å²) in [6.07, 6.45) is 7.97. The summed E-state index contributed by atoms with van der Waals surface area (Å²) in [4.78, 5) is 19.4. The molecule has 2 aromatic heterocycles. The van der Waals surface area contributed by atoms with Gasteiger partial charge in [-0.1, -0.05) is 26.0 Å². The van der Waals surface area contributed by atoms with Gasteiger partial charge in [0.2, 0.25) is 0 Å². The molecule has 0 saturated heterocycles. The van der Waals surface area contributed by atoms with Gasteiger partial charge in [-0.2, -0.15) is 0 Å². The van der Waals surface area contributed by atoms with Crippen molar-refractivity contribution in [3.63, 3.8) is 0 Å². The molecule has 1 aliphatic carbocycles. The zero-order chi connectivity index (χ0) is 23.8. The first-order valence-corrected chi connectivity index (χ1v) is 13.4. The van der Waals surface area contributed by atoms with Gasteiger partial charge in [0.25, 0.3) is 0 Å². The number of thiophene rings is 1. The van der Waals surface area contributed by atoms with Gasteiger partial charge in [0, 0.05) is 43.0 Å². The van der Waals surface area contributed by atoms with Gasteiger partial charge in [0.1, 0.15) is 5.00 Å². The number of aromatic nitrogens is 1. The van der Waals surface area contributed by atoms with Gasteiger partial charge in [0.15, 0.2) is 0 Å². The number of hydrogen-bond acceptors (Lipinski definition) is 3. The van der Waals surface area contributed by atoms with Crippen LogP contribution >= 0.6 is 11.3 Å². The number of anilines is 1. The minimum absolute atomic E-state index is 0.0266. The summed E-state index contributed by atoms with van der Waals surface area (Å²) >= 11 is 1.94. The SMILES string of the molecule is CC(C)CCNC(=O)N1Cc2c(sc3c2CCCC3)-n2cccc2[C@H]1c1ccc(N(C)C)cc1. The predicted octanol–water partition coefficient (Wildman–Crippen LogP) is 6.14. The number of fused-ring (bicyclic) bond motifs is 5. The number of nitrogens with one attached hydrogen (secondary N) is 1. The molecule has 5 nitrogen and oxygen atoms in total. The highest BCUT2D eigenvalue weighted by Crippen LogP contribution is 2.44. The first-order valence-electron chi connectivity index (χ1n) is 12.6. The molecule has 0 spiro atoms. The zero-order valence-corrected chi connectivity index (χ0v) is 21.6. The summed E-state index contributed by atoms with van der Waals surface area (Å²) in [7, 11) is 4.11. The molecule has 3 aromatic rings. The van der Waals surface area contributed by atoms with E-state index in [9.17, 15) is 4.79 Å². The number of urea groups is 1. The highest BCUT2D eigenvalue weighted by Gasteiger charge is 2.36. The van der Waals surface area contributed by atoms with Crippen LogP contribution in [0.3, 0.4) is 0 Å². The van der Waals surface area contributed by atoms with Gasteiger partial charge in [0.05, 0.1) is 18.3 Å². The molecular weight excluding hydrogens is 440 g/mol. The van der Waals surface area contributed by atoms with Gasteiger partial charge in [-0.05, 0) is 73.4 Å². The summed E-state index contributed by atoms with van der Waals surface area (Å²) in [6, 6.07) is 12.9. The molecular formula is C28H36N4OS. The highest BCUT2D eigenvalue weighted by molar-refractivity contribution is 7.15. The molecule has 5 rings (SSSR count). The number of nitrogens with zero attached hydrogens (tertiary/aromatic N) is 3. The molecule has 1 atom stereocenters. The molecule has 0 unspecified atom stereocenters. The minimum atomic E-state index is -0.135. The molecule has 180 valence electrons. The Bertz CT molecular complexity index is 1160. The average Bonchev–Trinajstić information content (AvgIpc) is 3.41. The second kappa shape index (κ2) is 9.49. The lowest BCUT2D eigenvalue weighted by molar-refractivity contribution is 0.180. The smallest absolute Gasteiger partial charge is 0.318 e. The predicted molar refractivity (Wildman–Crippen MR) is 141 cm³/mol. The Labute approximate surface area is 207 Å². The molecule has 1 N–H and O–H groups in total. The van der Waals surface area contributed by atoms with E-state index in [1.54, 1.807) is 0 Å². The normalized spacial score (nSPS) is 17.1. The monoisotopic (exact) mass is 476 g/mol. The molecule has 34 heavy (non-hydrogen) atoms. The molecule has 0 radical (unpaired) electrons. The molecule has 1 aliphatic heterocycles. The third-order valence-electron chi connectivity index (χ3n) is 7.16. The lowest BCUT2D eigenvalue weighted by Crippen LogP contribution is -2.42. The van der Waals surface area contributed by atoms with Crippen LogP contribution in [-0.2, 0) is 19.4 Å². The molecule has 0 fully saturated rings. The largest absolute Gasteiger partial charge is 0.378 e. The number of carbonyl (C=O) groups excluding carboxylic acids is 1. The lowest BCUT2D eigenvalue weighted by atomic mass is 9.95. The molecule has 3 heterocycles. The molecule has 2 aliphatic rings. The zero-order valence-electron chi connectivity index (χ0n) is 20.8. The molecule has 2 amide bonds. The van der Waals surface area contributed by atoms with E-state index in [4.69, 9.17) is 0 Å². The van der Waals surface area contributed by atoms with Crippen molar-refractivity contribution in [2.24, 2.45) is 5.92 Å². The first kappa shape index (κ1) is 23.0. The number of aryl methyl sites for hydroxylation is 1. The third kappa shape index (κ3) is 4.24. The van der Waals surface area contributed by atoms with Crippen LogP contribution in [0.5, 0.6) is 0 Å². The second-order valence-corrected chi connectivity index (χ2v) is 11.3. The lowest BCUT2D eigenvalue weighted by Gasteiger charge is -2.32. The number of benzene rings is 1. The summed E-state index contributed by atoms with van der Waals surface area (Å²) in [5, 5.41) is 4.54. The summed E-state index contributed by atoms with van der Waals surface area (Å²) < 4.78 is 2.35. The fourth-order valence-electron chi connectivity index (χ4n) is 5.26. The number of amides is 2. The van der Waals surface area contributed by atoms with Crippen molar-refractivity contribution in [2.75, 3.05) is 25.5 Å². The topological polar surface area (TPSA) is 40.5 Å². The van der Waals surface area contributed by atoms with Crippen LogP contribution in [0.2, 0.25) is 0 Å². The van der Waals surface area contributed by atoms with E-state index in [1.807, 2.05) is 11.3 Å². The molecule has 0 bridgehead atoms. The molecule has 1 aromatic carbocycles. The Balaban J connectivity index is 1.60. The van der Waals surface area contributed by atoms with Crippen LogP contribution in [0.15, 0.2) is 42.6 Å². The quantitative estimate of drug-likeness (QED) is 0.480. The highest BCUT2D eigenvalue weighted by atomic mass is 32.1. The van der Waals surface area contributed by atoms with Crippen molar-refractivity contribution in [2.45, 2.75) is 58.5 Å². The maximum atomic E-state index is 13.7. The Morgan fingerprint density at radius 3 is 2.62 bits per heavy atom. The van der Waals surface area contributed by atoms with E-state index in [1.165, 1.54) is 40.3 Å². The van der Waals surface area contributed by atoms with E-state index in [-0.39, 0.29) is 12.1 Å². The Kier molecular flexibility index (Phi) is 6.43. The Morgan fingerprint density at radius 2 is 1.88 bits per heavy atom. The van der Waals surface area contributed by atoms with Crippen LogP contribution in [0.1, 0.15) is 66.4 Å². The fraction of sp³-hybridized carbons (Fsp3) is 0.464. The van der Waals surface area contributed by atoms with E-state index in [0.717, 1.165) is 29.8 Å². The van der Waals surface area contributed by atoms with Crippen molar-refractivity contribution in [1.29, 1.82) is 0 Å². The van der Waals surface area contributed by atoms with Crippen molar-refractivity contribution < 1.29 is 4.79 Å². The summed E-state index contributed by atoms with van der Waals surface area (Å²) in [5.74, 6) is 0.562. The Hall–Kier alpha value is -2.73. The van der Waals surface area contributed by atoms with Crippen LogP contribution in [0, 0.1) is 5.92 Å². The van der Waals surface area contributed by atoms with Gasteiger partial charge in [-0.15, -0.1) is 11.3 Å². The maximum absolute atomic E-state index is 13.7. The van der Waals surface area contributed by atoms with E-state index in [2.05, 4.69) is 90.2 Å². The number of rotatable bonds is 5. The van der Waals surface area contributed by atoms with E-state index in [0.29, 0.717) is 19.0 Å². The van der Waals surface area contributed by atoms with Crippen LogP contribution < -0.4 is 10.2 Å². The van der Waals surface area contributed by atoms with Crippen molar-refractivity contribution in [3.05, 3.63) is 69.9 Å². The third-order valence-corrected chi connectivity index (χ3v) is 8.50. The van der Waals surface area contributed by atoms with Crippen LogP contribution in [-0.4, -0.2) is 36.1 Å². The summed E-state index contributed by atoms with van der Waals surface area (Å²) in [6.45, 7) is 5.75. The van der Waals surface area contributed by atoms with Gasteiger partial charge < -0.3 is 19.7 Å². The average molecular weight is 477 g/mol. The van der Waals surface area contributed by atoms with Crippen LogP contribution in [0.4, 0.5) is 10.5 Å². The minimum Gasteiger partial charge on any atom is -0.378 e. The summed E-state index contributed by atoms with van der Waals surface area (Å²) in [5.41, 5.74) is 6.31. The van der Waals surface area contributed by atoms with E-state index < -0.39 is 0 Å².